The van der Waals surface area contributed by atoms with Crippen LogP contribution in [0.15, 0.2) is 5.16 Å². The summed E-state index contributed by atoms with van der Waals surface area (Å²) < 4.78 is 4.80. The maximum atomic E-state index is 11.5. The molecule has 1 fully saturated rings. The summed E-state index contributed by atoms with van der Waals surface area (Å²) in [6.45, 7) is 2.19. The number of hydrogen-bond donors (Lipinski definition) is 0. The van der Waals surface area contributed by atoms with E-state index in [1.807, 2.05) is 0 Å². The van der Waals surface area contributed by atoms with Gasteiger partial charge in [-0.05, 0) is 19.3 Å². The minimum atomic E-state index is -0.101. The van der Waals surface area contributed by atoms with Crippen molar-refractivity contribution < 1.29 is 14.4 Å². The number of carbonyl (C=O) groups excluding carboxylic acids is 1. The number of esters is 1. The number of nitrogens with zero attached hydrogens (tertiary/aromatic N) is 1. The number of oxime groups is 1. The quantitative estimate of drug-likeness (QED) is 0.547. The van der Waals surface area contributed by atoms with Gasteiger partial charge in [0.05, 0.1) is 18.7 Å². The van der Waals surface area contributed by atoms with E-state index < -0.39 is 0 Å². The van der Waals surface area contributed by atoms with E-state index >= 15 is 0 Å². The Labute approximate surface area is 102 Å². The number of ether oxygens (including phenoxy) is 1. The highest BCUT2D eigenvalue weighted by atomic mass is 16.6. The van der Waals surface area contributed by atoms with Crippen LogP contribution in [0, 0.1) is 11.8 Å². The van der Waals surface area contributed by atoms with Crippen LogP contribution in [0.4, 0.5) is 0 Å². The summed E-state index contributed by atoms with van der Waals surface area (Å²) in [5.41, 5.74) is 1.16. The molecule has 3 atom stereocenters. The van der Waals surface area contributed by atoms with Gasteiger partial charge in [-0.2, -0.15) is 0 Å². The molecule has 17 heavy (non-hydrogen) atoms. The van der Waals surface area contributed by atoms with Gasteiger partial charge in [0.15, 0.2) is 0 Å². The van der Waals surface area contributed by atoms with Crippen LogP contribution in [-0.4, -0.2) is 24.9 Å². The largest absolute Gasteiger partial charge is 0.469 e. The predicted molar refractivity (Wildman–Crippen MR) is 64.7 cm³/mol. The van der Waals surface area contributed by atoms with Crippen molar-refractivity contribution in [1.29, 1.82) is 0 Å². The van der Waals surface area contributed by atoms with Crippen LogP contribution in [0.3, 0.4) is 0 Å². The van der Waals surface area contributed by atoms with Crippen molar-refractivity contribution in [1.82, 2.24) is 0 Å². The first-order valence-corrected chi connectivity index (χ1v) is 6.56. The topological polar surface area (TPSA) is 47.9 Å². The van der Waals surface area contributed by atoms with Crippen LogP contribution in [-0.2, 0) is 14.4 Å². The van der Waals surface area contributed by atoms with E-state index in [0.29, 0.717) is 5.92 Å². The van der Waals surface area contributed by atoms with Gasteiger partial charge in [-0.1, -0.05) is 24.9 Å². The summed E-state index contributed by atoms with van der Waals surface area (Å²) in [7, 11) is 1.45. The lowest BCUT2D eigenvalue weighted by Gasteiger charge is -2.08. The average Bonchev–Trinajstić information content (AvgIpc) is 2.90. The molecule has 0 bridgehead atoms. The van der Waals surface area contributed by atoms with E-state index in [0.717, 1.165) is 25.0 Å². The molecule has 0 saturated heterocycles. The molecule has 1 aliphatic heterocycles. The molecule has 1 heterocycles. The Kier molecular flexibility index (Phi) is 4.02. The molecular formula is C13H21NO3. The third kappa shape index (κ3) is 2.61. The van der Waals surface area contributed by atoms with Gasteiger partial charge in [-0.15, -0.1) is 0 Å². The number of fused-ring (bicyclic) bond motifs is 1. The molecule has 0 N–H and O–H groups in total. The Morgan fingerprint density at radius 1 is 1.47 bits per heavy atom. The average molecular weight is 239 g/mol. The van der Waals surface area contributed by atoms with Gasteiger partial charge >= 0.3 is 5.97 Å². The molecule has 0 amide bonds. The molecule has 3 unspecified atom stereocenters. The van der Waals surface area contributed by atoms with Crippen molar-refractivity contribution in [3.8, 4) is 0 Å². The zero-order chi connectivity index (χ0) is 12.3. The number of hydrogen-bond acceptors (Lipinski definition) is 4. The van der Waals surface area contributed by atoms with Crippen LogP contribution in [0.5, 0.6) is 0 Å². The van der Waals surface area contributed by atoms with Crippen LogP contribution in [0.25, 0.3) is 0 Å². The summed E-state index contributed by atoms with van der Waals surface area (Å²) in [6, 6.07) is 0. The fourth-order valence-electron chi connectivity index (χ4n) is 2.82. The minimum absolute atomic E-state index is 0.00618. The maximum Gasteiger partial charge on any atom is 0.308 e. The van der Waals surface area contributed by atoms with Gasteiger partial charge in [0.2, 0.25) is 0 Å². The molecule has 96 valence electrons. The summed E-state index contributed by atoms with van der Waals surface area (Å²) in [6.07, 6.45) is 6.37. The molecule has 0 spiro atoms. The van der Waals surface area contributed by atoms with E-state index in [-0.39, 0.29) is 18.0 Å². The summed E-state index contributed by atoms with van der Waals surface area (Å²) >= 11 is 0. The van der Waals surface area contributed by atoms with Crippen molar-refractivity contribution >= 4 is 11.7 Å². The fraction of sp³-hybridized carbons (Fsp3) is 0.846. The van der Waals surface area contributed by atoms with Gasteiger partial charge < -0.3 is 9.57 Å². The van der Waals surface area contributed by atoms with Crippen LogP contribution in [0.2, 0.25) is 0 Å². The monoisotopic (exact) mass is 239 g/mol. The number of unbranched alkanes of at least 4 members (excludes halogenated alkanes) is 2. The molecule has 4 heteroatoms. The third-order valence-electron chi connectivity index (χ3n) is 3.81. The lowest BCUT2D eigenvalue weighted by Crippen LogP contribution is -2.16. The molecule has 0 aromatic rings. The molecule has 4 nitrogen and oxygen atoms in total. The standard InChI is InChI=1S/C13H21NO3/c1-3-4-5-6-11-10-7-9(13(15)16-2)8-12(10)17-14-11/h9-10,12H,3-8H2,1-2H3. The van der Waals surface area contributed by atoms with E-state index in [9.17, 15) is 4.79 Å². The van der Waals surface area contributed by atoms with Gasteiger partial charge in [0.1, 0.15) is 6.10 Å². The normalized spacial score (nSPS) is 30.7. The molecule has 0 aromatic carbocycles. The molecule has 1 aliphatic carbocycles. The van der Waals surface area contributed by atoms with Gasteiger partial charge in [-0.25, -0.2) is 0 Å². The second-order valence-corrected chi connectivity index (χ2v) is 4.98. The predicted octanol–water partition coefficient (Wildman–Crippen LogP) is 2.52. The molecule has 0 aromatic heterocycles. The summed E-state index contributed by atoms with van der Waals surface area (Å²) in [5, 5.41) is 4.18. The Balaban J connectivity index is 1.86. The van der Waals surface area contributed by atoms with Crippen molar-refractivity contribution in [2.75, 3.05) is 7.11 Å². The maximum absolute atomic E-state index is 11.5. The first-order valence-electron chi connectivity index (χ1n) is 6.56. The molecule has 2 aliphatic rings. The van der Waals surface area contributed by atoms with Gasteiger partial charge in [-0.3, -0.25) is 4.79 Å². The lowest BCUT2D eigenvalue weighted by atomic mass is 9.95. The van der Waals surface area contributed by atoms with Gasteiger partial charge in [0, 0.05) is 12.3 Å². The number of rotatable bonds is 5. The number of methoxy groups -OCH3 is 1. The highest BCUT2D eigenvalue weighted by Crippen LogP contribution is 2.39. The van der Waals surface area contributed by atoms with Crippen molar-refractivity contribution in [3.05, 3.63) is 0 Å². The van der Waals surface area contributed by atoms with Gasteiger partial charge in [0.25, 0.3) is 0 Å². The van der Waals surface area contributed by atoms with Crippen molar-refractivity contribution in [2.24, 2.45) is 17.0 Å². The second-order valence-electron chi connectivity index (χ2n) is 4.98. The van der Waals surface area contributed by atoms with Crippen molar-refractivity contribution in [2.45, 2.75) is 51.6 Å². The van der Waals surface area contributed by atoms with Crippen LogP contribution < -0.4 is 0 Å². The van der Waals surface area contributed by atoms with Crippen LogP contribution in [0.1, 0.15) is 45.4 Å². The Hall–Kier alpha value is -1.06. The fourth-order valence-corrected chi connectivity index (χ4v) is 2.82. The van der Waals surface area contributed by atoms with Crippen LogP contribution >= 0.6 is 0 Å². The first kappa shape index (κ1) is 12.4. The third-order valence-corrected chi connectivity index (χ3v) is 3.81. The summed E-state index contributed by atoms with van der Waals surface area (Å²) in [4.78, 5) is 16.9. The van der Waals surface area contributed by atoms with E-state index in [1.54, 1.807) is 0 Å². The Morgan fingerprint density at radius 3 is 3.00 bits per heavy atom. The highest BCUT2D eigenvalue weighted by Gasteiger charge is 2.45. The summed E-state index contributed by atoms with van der Waals surface area (Å²) in [5.74, 6) is 0.263. The Morgan fingerprint density at radius 2 is 2.29 bits per heavy atom. The Bertz CT molecular complexity index is 314. The zero-order valence-electron chi connectivity index (χ0n) is 10.6. The number of carbonyl (C=O) groups is 1. The van der Waals surface area contributed by atoms with E-state index in [2.05, 4.69) is 12.1 Å². The second kappa shape index (κ2) is 5.52. The smallest absolute Gasteiger partial charge is 0.308 e. The first-order chi connectivity index (χ1) is 8.26. The molecule has 0 radical (unpaired) electrons. The lowest BCUT2D eigenvalue weighted by molar-refractivity contribution is -0.145. The van der Waals surface area contributed by atoms with E-state index in [4.69, 9.17) is 9.57 Å². The molecule has 1 saturated carbocycles. The molecule has 2 rings (SSSR count). The molecular weight excluding hydrogens is 218 g/mol. The zero-order valence-corrected chi connectivity index (χ0v) is 10.6. The SMILES string of the molecule is CCCCCC1=NOC2CC(C(=O)OC)CC12. The van der Waals surface area contributed by atoms with E-state index in [1.165, 1.54) is 26.4 Å². The van der Waals surface area contributed by atoms with Crippen molar-refractivity contribution in [3.63, 3.8) is 0 Å². The highest BCUT2D eigenvalue weighted by molar-refractivity contribution is 5.89. The minimum Gasteiger partial charge on any atom is -0.469 e.